The molecule has 0 radical (unpaired) electrons. The van der Waals surface area contributed by atoms with Gasteiger partial charge in [0.2, 0.25) is 0 Å². The molecule has 0 aliphatic carbocycles. The predicted molar refractivity (Wildman–Crippen MR) is 83.9 cm³/mol. The maximum absolute atomic E-state index is 6.16. The molecule has 0 saturated carbocycles. The Morgan fingerprint density at radius 3 is 2.55 bits per heavy atom. The molecule has 2 aliphatic rings. The molecule has 4 nitrogen and oxygen atoms in total. The van der Waals surface area contributed by atoms with Gasteiger partial charge in [-0.05, 0) is 51.7 Å². The molecule has 0 spiro atoms. The third kappa shape index (κ3) is 3.94. The number of nitrogens with zero attached hydrogens (tertiary/aromatic N) is 2. The van der Waals surface area contributed by atoms with E-state index in [-0.39, 0.29) is 5.54 Å². The van der Waals surface area contributed by atoms with Crippen LogP contribution in [0.1, 0.15) is 39.5 Å². The van der Waals surface area contributed by atoms with Crippen LogP contribution in [0, 0.1) is 5.92 Å². The van der Waals surface area contributed by atoms with E-state index in [0.29, 0.717) is 6.10 Å². The van der Waals surface area contributed by atoms with Crippen molar-refractivity contribution in [3.05, 3.63) is 0 Å². The van der Waals surface area contributed by atoms with Crippen LogP contribution >= 0.6 is 0 Å². The minimum atomic E-state index is 0.194. The second kappa shape index (κ2) is 7.21. The molecular formula is C16H33N3O. The molecule has 2 saturated heterocycles. The summed E-state index contributed by atoms with van der Waals surface area (Å²) in [5, 5.41) is 0. The van der Waals surface area contributed by atoms with E-state index >= 15 is 0 Å². The molecule has 0 aromatic heterocycles. The third-order valence-corrected chi connectivity index (χ3v) is 5.10. The van der Waals surface area contributed by atoms with Gasteiger partial charge < -0.3 is 15.4 Å². The van der Waals surface area contributed by atoms with Crippen LogP contribution in [-0.2, 0) is 4.74 Å². The molecular weight excluding hydrogens is 250 g/mol. The second-order valence-electron chi connectivity index (χ2n) is 7.14. The molecule has 0 aromatic carbocycles. The lowest BCUT2D eigenvalue weighted by Gasteiger charge is -2.48. The van der Waals surface area contributed by atoms with Crippen molar-refractivity contribution in [2.24, 2.45) is 11.7 Å². The van der Waals surface area contributed by atoms with Crippen LogP contribution in [0.25, 0.3) is 0 Å². The van der Waals surface area contributed by atoms with Crippen molar-refractivity contribution in [1.29, 1.82) is 0 Å². The number of nitrogens with two attached hydrogens (primary N) is 1. The lowest BCUT2D eigenvalue weighted by molar-refractivity contribution is 0.00286. The van der Waals surface area contributed by atoms with Crippen molar-refractivity contribution in [3.8, 4) is 0 Å². The molecule has 1 atom stereocenters. The zero-order valence-corrected chi connectivity index (χ0v) is 13.6. The number of likely N-dealkylation sites (tertiary alicyclic amines) is 1. The number of ether oxygens (including phenoxy) is 1. The van der Waals surface area contributed by atoms with Gasteiger partial charge >= 0.3 is 0 Å². The van der Waals surface area contributed by atoms with E-state index in [9.17, 15) is 0 Å². The number of hydrogen-bond donors (Lipinski definition) is 1. The summed E-state index contributed by atoms with van der Waals surface area (Å²) in [5.74, 6) is 0.755. The summed E-state index contributed by atoms with van der Waals surface area (Å²) in [4.78, 5) is 5.09. The van der Waals surface area contributed by atoms with E-state index in [1.807, 2.05) is 0 Å². The minimum absolute atomic E-state index is 0.194. The Kier molecular flexibility index (Phi) is 5.84. The SMILES string of the molecule is CC(C)CN1CCC(CN)(N(C)CC2CCCO2)CC1. The monoisotopic (exact) mass is 283 g/mol. The molecule has 0 amide bonds. The minimum Gasteiger partial charge on any atom is -0.377 e. The summed E-state index contributed by atoms with van der Waals surface area (Å²) in [6, 6.07) is 0. The van der Waals surface area contributed by atoms with E-state index in [1.54, 1.807) is 0 Å². The first-order valence-electron chi connectivity index (χ1n) is 8.31. The average molecular weight is 283 g/mol. The third-order valence-electron chi connectivity index (χ3n) is 5.10. The van der Waals surface area contributed by atoms with Gasteiger partial charge in [-0.25, -0.2) is 0 Å². The van der Waals surface area contributed by atoms with Gasteiger partial charge in [-0.15, -0.1) is 0 Å². The zero-order valence-electron chi connectivity index (χ0n) is 13.6. The van der Waals surface area contributed by atoms with Crippen LogP contribution in [0.3, 0.4) is 0 Å². The van der Waals surface area contributed by atoms with Crippen molar-refractivity contribution in [3.63, 3.8) is 0 Å². The Balaban J connectivity index is 1.86. The Morgan fingerprint density at radius 1 is 1.35 bits per heavy atom. The van der Waals surface area contributed by atoms with E-state index in [0.717, 1.165) is 25.6 Å². The Labute approximate surface area is 124 Å². The first-order chi connectivity index (χ1) is 9.55. The topological polar surface area (TPSA) is 41.7 Å². The van der Waals surface area contributed by atoms with Gasteiger partial charge in [0, 0.05) is 31.8 Å². The quantitative estimate of drug-likeness (QED) is 0.803. The van der Waals surface area contributed by atoms with Gasteiger partial charge in [0.25, 0.3) is 0 Å². The van der Waals surface area contributed by atoms with Crippen molar-refractivity contribution in [2.75, 3.05) is 46.4 Å². The lowest BCUT2D eigenvalue weighted by atomic mass is 9.85. The number of rotatable bonds is 6. The predicted octanol–water partition coefficient (Wildman–Crippen LogP) is 1.55. The summed E-state index contributed by atoms with van der Waals surface area (Å²) in [6.07, 6.45) is 5.25. The zero-order chi connectivity index (χ0) is 14.6. The number of piperidine rings is 1. The van der Waals surface area contributed by atoms with Gasteiger partial charge in [-0.2, -0.15) is 0 Å². The van der Waals surface area contributed by atoms with Crippen LogP contribution in [0.2, 0.25) is 0 Å². The highest BCUT2D eigenvalue weighted by molar-refractivity contribution is 4.96. The Hall–Kier alpha value is -0.160. The Bertz CT molecular complexity index is 281. The van der Waals surface area contributed by atoms with Gasteiger partial charge in [0.05, 0.1) is 6.10 Å². The van der Waals surface area contributed by atoms with Gasteiger partial charge in [0.1, 0.15) is 0 Å². The molecule has 20 heavy (non-hydrogen) atoms. The Morgan fingerprint density at radius 2 is 2.05 bits per heavy atom. The first-order valence-corrected chi connectivity index (χ1v) is 8.31. The van der Waals surface area contributed by atoms with Gasteiger partial charge in [-0.1, -0.05) is 13.8 Å². The number of hydrogen-bond acceptors (Lipinski definition) is 4. The maximum Gasteiger partial charge on any atom is 0.0702 e. The van der Waals surface area contributed by atoms with E-state index in [1.165, 1.54) is 45.3 Å². The van der Waals surface area contributed by atoms with Crippen molar-refractivity contribution >= 4 is 0 Å². The fourth-order valence-electron chi connectivity index (χ4n) is 3.70. The fraction of sp³-hybridized carbons (Fsp3) is 1.00. The summed E-state index contributed by atoms with van der Waals surface area (Å²) < 4.78 is 5.78. The fourth-order valence-corrected chi connectivity index (χ4v) is 3.70. The molecule has 0 aromatic rings. The highest BCUT2D eigenvalue weighted by Gasteiger charge is 2.38. The maximum atomic E-state index is 6.16. The van der Waals surface area contributed by atoms with Crippen molar-refractivity contribution < 1.29 is 4.74 Å². The van der Waals surface area contributed by atoms with Crippen LogP contribution in [0.4, 0.5) is 0 Å². The molecule has 4 heteroatoms. The summed E-state index contributed by atoms with van der Waals surface area (Å²) in [6.45, 7) is 10.9. The highest BCUT2D eigenvalue weighted by atomic mass is 16.5. The summed E-state index contributed by atoms with van der Waals surface area (Å²) >= 11 is 0. The van der Waals surface area contributed by atoms with E-state index in [2.05, 4.69) is 30.7 Å². The number of likely N-dealkylation sites (N-methyl/N-ethyl adjacent to an activating group) is 1. The average Bonchev–Trinajstić information content (AvgIpc) is 2.92. The van der Waals surface area contributed by atoms with E-state index < -0.39 is 0 Å². The largest absolute Gasteiger partial charge is 0.377 e. The summed E-state index contributed by atoms with van der Waals surface area (Å²) in [7, 11) is 2.24. The lowest BCUT2D eigenvalue weighted by Crippen LogP contribution is -2.59. The molecule has 118 valence electrons. The van der Waals surface area contributed by atoms with Crippen LogP contribution in [0.15, 0.2) is 0 Å². The molecule has 2 fully saturated rings. The molecule has 0 bridgehead atoms. The molecule has 2 N–H and O–H groups in total. The molecule has 2 heterocycles. The standard InChI is InChI=1S/C16H33N3O/c1-14(2)11-19-8-6-16(13-17,7-9-19)18(3)12-15-5-4-10-20-15/h14-15H,4-13,17H2,1-3H3. The molecule has 2 aliphatic heterocycles. The summed E-state index contributed by atoms with van der Waals surface area (Å²) in [5.41, 5.74) is 6.35. The van der Waals surface area contributed by atoms with Gasteiger partial charge in [0.15, 0.2) is 0 Å². The van der Waals surface area contributed by atoms with Crippen LogP contribution in [0.5, 0.6) is 0 Å². The second-order valence-corrected chi connectivity index (χ2v) is 7.14. The van der Waals surface area contributed by atoms with Crippen molar-refractivity contribution in [1.82, 2.24) is 9.80 Å². The first kappa shape index (κ1) is 16.2. The normalized spacial score (nSPS) is 27.6. The highest BCUT2D eigenvalue weighted by Crippen LogP contribution is 2.29. The van der Waals surface area contributed by atoms with E-state index in [4.69, 9.17) is 10.5 Å². The van der Waals surface area contributed by atoms with Crippen molar-refractivity contribution in [2.45, 2.75) is 51.2 Å². The van der Waals surface area contributed by atoms with Gasteiger partial charge in [-0.3, -0.25) is 4.90 Å². The smallest absolute Gasteiger partial charge is 0.0702 e. The van der Waals surface area contributed by atoms with Crippen LogP contribution < -0.4 is 5.73 Å². The molecule has 2 rings (SSSR count). The molecule has 1 unspecified atom stereocenters. The van der Waals surface area contributed by atoms with Crippen LogP contribution in [-0.4, -0.2) is 67.8 Å².